The van der Waals surface area contributed by atoms with E-state index >= 15 is 0 Å². The van der Waals surface area contributed by atoms with Crippen LogP contribution in [0.3, 0.4) is 0 Å². The van der Waals surface area contributed by atoms with Crippen molar-refractivity contribution < 1.29 is 4.74 Å². The minimum atomic E-state index is 0.209. The lowest BCUT2D eigenvalue weighted by molar-refractivity contribution is 0.416. The fourth-order valence-corrected chi connectivity index (χ4v) is 2.75. The number of methoxy groups -OCH3 is 1. The average Bonchev–Trinajstić information content (AvgIpc) is 2.86. The van der Waals surface area contributed by atoms with Crippen molar-refractivity contribution in [2.75, 3.05) is 12.4 Å². The minimum Gasteiger partial charge on any atom is -0.495 e. The van der Waals surface area contributed by atoms with Gasteiger partial charge >= 0.3 is 0 Å². The van der Waals surface area contributed by atoms with E-state index in [1.54, 1.807) is 30.6 Å². The van der Waals surface area contributed by atoms with Crippen LogP contribution in [-0.4, -0.2) is 7.11 Å². The van der Waals surface area contributed by atoms with Crippen molar-refractivity contribution in [3.05, 3.63) is 45.6 Å². The van der Waals surface area contributed by atoms with Crippen molar-refractivity contribution in [2.24, 2.45) is 0 Å². The maximum absolute atomic E-state index is 8.89. The summed E-state index contributed by atoms with van der Waals surface area (Å²) in [7, 11) is 1.61. The van der Waals surface area contributed by atoms with Crippen LogP contribution in [0.4, 0.5) is 5.69 Å². The van der Waals surface area contributed by atoms with E-state index < -0.39 is 0 Å². The monoisotopic (exact) mass is 272 g/mol. The van der Waals surface area contributed by atoms with Gasteiger partial charge in [0, 0.05) is 15.8 Å². The Morgan fingerprint density at radius 1 is 1.32 bits per heavy atom. The fraction of sp³-hybridized carbons (Fsp3) is 0.267. The lowest BCUT2D eigenvalue weighted by Gasteiger charge is -2.16. The molecule has 0 fully saturated rings. The number of nitrogens with zero attached hydrogens (tertiary/aromatic N) is 1. The van der Waals surface area contributed by atoms with Gasteiger partial charge < -0.3 is 10.1 Å². The average molecular weight is 272 g/mol. The molecule has 2 rings (SSSR count). The molecule has 1 atom stereocenters. The Morgan fingerprint density at radius 2 is 2.11 bits per heavy atom. The zero-order valence-corrected chi connectivity index (χ0v) is 12.0. The molecule has 0 spiro atoms. The van der Waals surface area contributed by atoms with E-state index in [-0.39, 0.29) is 6.04 Å². The molecule has 3 nitrogen and oxygen atoms in total. The van der Waals surface area contributed by atoms with Crippen LogP contribution >= 0.6 is 11.3 Å². The van der Waals surface area contributed by atoms with Crippen LogP contribution in [0.15, 0.2) is 30.3 Å². The fourth-order valence-electron chi connectivity index (χ4n) is 1.87. The van der Waals surface area contributed by atoms with Gasteiger partial charge in [0.1, 0.15) is 5.75 Å². The molecule has 1 aromatic carbocycles. The van der Waals surface area contributed by atoms with Gasteiger partial charge in [-0.1, -0.05) is 0 Å². The Bertz CT molecular complexity index is 613. The third-order valence-corrected chi connectivity index (χ3v) is 4.07. The van der Waals surface area contributed by atoms with Crippen molar-refractivity contribution in [2.45, 2.75) is 19.9 Å². The van der Waals surface area contributed by atoms with Gasteiger partial charge in [0.15, 0.2) is 0 Å². The summed E-state index contributed by atoms with van der Waals surface area (Å²) in [5.74, 6) is 0.694. The van der Waals surface area contributed by atoms with Crippen LogP contribution in [0.25, 0.3) is 0 Å². The van der Waals surface area contributed by atoms with E-state index in [4.69, 9.17) is 10.00 Å². The van der Waals surface area contributed by atoms with Gasteiger partial charge in [-0.15, -0.1) is 11.3 Å². The molecule has 98 valence electrons. The predicted octanol–water partition coefficient (Wildman–Crippen LogP) is 4.11. The van der Waals surface area contributed by atoms with Crippen LogP contribution in [0.1, 0.15) is 28.3 Å². The SMILES string of the molecule is COc1cc(C#N)ccc1NC(C)c1ccc(C)s1. The van der Waals surface area contributed by atoms with E-state index in [0.29, 0.717) is 11.3 Å². The second-order valence-electron chi connectivity index (χ2n) is 4.34. The summed E-state index contributed by atoms with van der Waals surface area (Å²) < 4.78 is 5.32. The van der Waals surface area contributed by atoms with Crippen LogP contribution in [0.5, 0.6) is 5.75 Å². The smallest absolute Gasteiger partial charge is 0.143 e. The summed E-state index contributed by atoms with van der Waals surface area (Å²) in [6.45, 7) is 4.21. The van der Waals surface area contributed by atoms with E-state index in [1.807, 2.05) is 6.07 Å². The molecule has 0 bridgehead atoms. The quantitative estimate of drug-likeness (QED) is 0.911. The topological polar surface area (TPSA) is 45.0 Å². The molecule has 1 heterocycles. The normalized spacial score (nSPS) is 11.7. The van der Waals surface area contributed by atoms with Gasteiger partial charge in [-0.3, -0.25) is 0 Å². The Labute approximate surface area is 117 Å². The molecule has 4 heteroatoms. The standard InChI is InChI=1S/C15H16N2OS/c1-10-4-7-15(19-10)11(2)17-13-6-5-12(9-16)8-14(13)18-3/h4-8,11,17H,1-3H3. The first-order chi connectivity index (χ1) is 9.13. The van der Waals surface area contributed by atoms with Crippen LogP contribution in [0.2, 0.25) is 0 Å². The number of hydrogen-bond acceptors (Lipinski definition) is 4. The summed E-state index contributed by atoms with van der Waals surface area (Å²) >= 11 is 1.78. The molecule has 0 aliphatic heterocycles. The highest BCUT2D eigenvalue weighted by molar-refractivity contribution is 7.12. The van der Waals surface area contributed by atoms with Crippen molar-refractivity contribution in [1.29, 1.82) is 5.26 Å². The van der Waals surface area contributed by atoms with E-state index in [2.05, 4.69) is 37.4 Å². The first kappa shape index (κ1) is 13.4. The number of nitrogens with one attached hydrogen (secondary N) is 1. The van der Waals surface area contributed by atoms with Gasteiger partial charge in [-0.25, -0.2) is 0 Å². The van der Waals surface area contributed by atoms with Crippen LogP contribution in [-0.2, 0) is 0 Å². The van der Waals surface area contributed by atoms with Gasteiger partial charge in [0.25, 0.3) is 0 Å². The first-order valence-corrected chi connectivity index (χ1v) is 6.86. The van der Waals surface area contributed by atoms with E-state index in [1.165, 1.54) is 9.75 Å². The lowest BCUT2D eigenvalue weighted by Crippen LogP contribution is -2.06. The molecule has 0 radical (unpaired) electrons. The number of nitriles is 1. The second-order valence-corrected chi connectivity index (χ2v) is 5.66. The van der Waals surface area contributed by atoms with Crippen molar-refractivity contribution in [3.63, 3.8) is 0 Å². The third kappa shape index (κ3) is 3.07. The molecule has 1 unspecified atom stereocenters. The first-order valence-electron chi connectivity index (χ1n) is 6.05. The molecule has 0 aliphatic rings. The second kappa shape index (κ2) is 5.77. The molecule has 0 saturated heterocycles. The molecule has 0 aliphatic carbocycles. The highest BCUT2D eigenvalue weighted by Gasteiger charge is 2.11. The Kier molecular flexibility index (Phi) is 4.08. The lowest BCUT2D eigenvalue weighted by atomic mass is 10.2. The predicted molar refractivity (Wildman–Crippen MR) is 78.8 cm³/mol. The summed E-state index contributed by atoms with van der Waals surface area (Å²) in [4.78, 5) is 2.58. The van der Waals surface area contributed by atoms with Crippen LogP contribution < -0.4 is 10.1 Å². The summed E-state index contributed by atoms with van der Waals surface area (Å²) in [6.07, 6.45) is 0. The molecule has 19 heavy (non-hydrogen) atoms. The number of rotatable bonds is 4. The summed E-state index contributed by atoms with van der Waals surface area (Å²) in [5.41, 5.74) is 1.50. The maximum Gasteiger partial charge on any atom is 0.143 e. The van der Waals surface area contributed by atoms with Gasteiger partial charge in [-0.05, 0) is 38.1 Å². The molecule has 1 N–H and O–H groups in total. The maximum atomic E-state index is 8.89. The zero-order chi connectivity index (χ0) is 13.8. The Balaban J connectivity index is 2.21. The highest BCUT2D eigenvalue weighted by atomic mass is 32.1. The molecular formula is C15H16N2OS. The molecule has 0 amide bonds. The molecule has 2 aromatic rings. The number of benzene rings is 1. The minimum absolute atomic E-state index is 0.209. The van der Waals surface area contributed by atoms with E-state index in [0.717, 1.165) is 5.69 Å². The summed E-state index contributed by atoms with van der Waals surface area (Å²) in [6, 6.07) is 12.0. The third-order valence-electron chi connectivity index (χ3n) is 2.89. The highest BCUT2D eigenvalue weighted by Crippen LogP contribution is 2.31. The number of aryl methyl sites for hydroxylation is 1. The Morgan fingerprint density at radius 3 is 2.68 bits per heavy atom. The Hall–Kier alpha value is -1.99. The largest absolute Gasteiger partial charge is 0.495 e. The van der Waals surface area contributed by atoms with Gasteiger partial charge in [-0.2, -0.15) is 5.26 Å². The molecule has 1 aromatic heterocycles. The zero-order valence-electron chi connectivity index (χ0n) is 11.2. The number of thiophene rings is 1. The van der Waals surface area contributed by atoms with Crippen molar-refractivity contribution in [3.8, 4) is 11.8 Å². The van der Waals surface area contributed by atoms with Gasteiger partial charge in [0.2, 0.25) is 0 Å². The van der Waals surface area contributed by atoms with Gasteiger partial charge in [0.05, 0.1) is 30.5 Å². The molecular weight excluding hydrogens is 256 g/mol. The number of ether oxygens (including phenoxy) is 1. The summed E-state index contributed by atoms with van der Waals surface area (Å²) in [5, 5.41) is 12.3. The van der Waals surface area contributed by atoms with Crippen molar-refractivity contribution in [1.82, 2.24) is 0 Å². The van der Waals surface area contributed by atoms with Crippen LogP contribution in [0, 0.1) is 18.3 Å². The number of anilines is 1. The molecule has 0 saturated carbocycles. The van der Waals surface area contributed by atoms with E-state index in [9.17, 15) is 0 Å². The number of hydrogen-bond donors (Lipinski definition) is 1. The van der Waals surface area contributed by atoms with Crippen molar-refractivity contribution >= 4 is 17.0 Å².